The standard InChI is InChI=1S/C9H16NO3/c1-7(5-6-11)10-8(12)13-9(2,3)4/h7H,5H2,1-4H3,(H,10,12). The normalized spacial score (nSPS) is 13.2. The van der Waals surface area contributed by atoms with Crippen LogP contribution in [0, 0.1) is 0 Å². The van der Waals surface area contributed by atoms with Crippen LogP contribution in [0.1, 0.15) is 34.1 Å². The van der Waals surface area contributed by atoms with Crippen molar-refractivity contribution in [3.05, 3.63) is 0 Å². The number of carbonyl (C=O) groups is 1. The van der Waals surface area contributed by atoms with Crippen LogP contribution in [0.5, 0.6) is 0 Å². The molecule has 0 saturated heterocycles. The molecule has 0 aromatic rings. The van der Waals surface area contributed by atoms with Gasteiger partial charge in [0, 0.05) is 12.5 Å². The van der Waals surface area contributed by atoms with Gasteiger partial charge < -0.3 is 10.1 Å². The van der Waals surface area contributed by atoms with Gasteiger partial charge in [-0.15, -0.1) is 0 Å². The number of nitrogens with one attached hydrogen (secondary N) is 1. The summed E-state index contributed by atoms with van der Waals surface area (Å²) in [5.74, 6) is 0. The predicted octanol–water partition coefficient (Wildman–Crippen LogP) is 1.40. The molecule has 13 heavy (non-hydrogen) atoms. The third kappa shape index (κ3) is 7.31. The summed E-state index contributed by atoms with van der Waals surface area (Å²) in [6, 6.07) is -0.229. The van der Waals surface area contributed by atoms with Gasteiger partial charge in [-0.05, 0) is 27.7 Å². The molecule has 0 aliphatic rings. The van der Waals surface area contributed by atoms with Gasteiger partial charge in [0.1, 0.15) is 5.60 Å². The molecule has 0 aliphatic carbocycles. The molecule has 4 heteroatoms. The lowest BCUT2D eigenvalue weighted by Crippen LogP contribution is -2.37. The van der Waals surface area contributed by atoms with Crippen LogP contribution in [0.3, 0.4) is 0 Å². The summed E-state index contributed by atoms with van der Waals surface area (Å²) in [7, 11) is 0. The van der Waals surface area contributed by atoms with E-state index in [9.17, 15) is 9.59 Å². The van der Waals surface area contributed by atoms with E-state index in [2.05, 4.69) is 5.32 Å². The van der Waals surface area contributed by atoms with E-state index in [1.54, 1.807) is 34.0 Å². The van der Waals surface area contributed by atoms with Crippen LogP contribution in [-0.2, 0) is 9.53 Å². The average molecular weight is 186 g/mol. The van der Waals surface area contributed by atoms with Crippen molar-refractivity contribution in [3.8, 4) is 0 Å². The minimum Gasteiger partial charge on any atom is -0.444 e. The zero-order valence-corrected chi connectivity index (χ0v) is 8.51. The van der Waals surface area contributed by atoms with Gasteiger partial charge in [0.15, 0.2) is 6.29 Å². The highest BCUT2D eigenvalue weighted by atomic mass is 16.6. The maximum Gasteiger partial charge on any atom is 0.407 e. The molecule has 0 aromatic carbocycles. The van der Waals surface area contributed by atoms with Crippen LogP contribution < -0.4 is 5.32 Å². The second-order valence-electron chi connectivity index (χ2n) is 3.90. The summed E-state index contributed by atoms with van der Waals surface area (Å²) in [6.07, 6.45) is 1.39. The van der Waals surface area contributed by atoms with Crippen LogP contribution in [0.25, 0.3) is 0 Å². The van der Waals surface area contributed by atoms with Gasteiger partial charge in [0.2, 0.25) is 0 Å². The number of alkyl carbamates (subject to hydrolysis) is 1. The van der Waals surface area contributed by atoms with Crippen LogP contribution in [-0.4, -0.2) is 24.0 Å². The first kappa shape index (κ1) is 11.9. The van der Waals surface area contributed by atoms with Gasteiger partial charge in [-0.2, -0.15) is 0 Å². The van der Waals surface area contributed by atoms with Crippen molar-refractivity contribution in [2.24, 2.45) is 0 Å². The third-order valence-corrected chi connectivity index (χ3v) is 1.15. The molecular weight excluding hydrogens is 170 g/mol. The van der Waals surface area contributed by atoms with E-state index in [1.165, 1.54) is 0 Å². The third-order valence-electron chi connectivity index (χ3n) is 1.15. The molecule has 75 valence electrons. The molecular formula is C9H16NO3. The predicted molar refractivity (Wildman–Crippen MR) is 49.1 cm³/mol. The Morgan fingerprint density at radius 1 is 1.54 bits per heavy atom. The van der Waals surface area contributed by atoms with Gasteiger partial charge in [-0.3, -0.25) is 4.79 Å². The Labute approximate surface area is 78.6 Å². The molecule has 0 fully saturated rings. The fraction of sp³-hybridized carbons (Fsp3) is 0.778. The van der Waals surface area contributed by atoms with E-state index < -0.39 is 11.7 Å². The lowest BCUT2D eigenvalue weighted by Gasteiger charge is -2.21. The van der Waals surface area contributed by atoms with E-state index in [1.807, 2.05) is 0 Å². The highest BCUT2D eigenvalue weighted by Gasteiger charge is 2.17. The largest absolute Gasteiger partial charge is 0.444 e. The highest BCUT2D eigenvalue weighted by Crippen LogP contribution is 2.06. The highest BCUT2D eigenvalue weighted by molar-refractivity contribution is 5.68. The van der Waals surface area contributed by atoms with Crippen LogP contribution >= 0.6 is 0 Å². The van der Waals surface area contributed by atoms with E-state index >= 15 is 0 Å². The van der Waals surface area contributed by atoms with Crippen molar-refractivity contribution >= 4 is 12.4 Å². The maximum atomic E-state index is 11.1. The molecule has 1 unspecified atom stereocenters. The Balaban J connectivity index is 3.81. The van der Waals surface area contributed by atoms with E-state index in [-0.39, 0.29) is 12.5 Å². The molecule has 1 amide bonds. The van der Waals surface area contributed by atoms with Gasteiger partial charge >= 0.3 is 6.09 Å². The van der Waals surface area contributed by atoms with Crippen molar-refractivity contribution < 1.29 is 14.3 Å². The van der Waals surface area contributed by atoms with Crippen LogP contribution in [0.2, 0.25) is 0 Å². The Bertz CT molecular complexity index is 184. The van der Waals surface area contributed by atoms with Crippen molar-refractivity contribution in [2.75, 3.05) is 0 Å². The lowest BCUT2D eigenvalue weighted by atomic mass is 10.2. The lowest BCUT2D eigenvalue weighted by molar-refractivity contribution is 0.0510. The Morgan fingerprint density at radius 2 is 2.08 bits per heavy atom. The topological polar surface area (TPSA) is 55.4 Å². The fourth-order valence-corrected chi connectivity index (χ4v) is 0.685. The molecule has 1 radical (unpaired) electrons. The smallest absolute Gasteiger partial charge is 0.407 e. The van der Waals surface area contributed by atoms with Gasteiger partial charge in [-0.1, -0.05) is 0 Å². The average Bonchev–Trinajstić information content (AvgIpc) is 1.81. The van der Waals surface area contributed by atoms with E-state index in [4.69, 9.17) is 4.74 Å². The molecule has 1 atom stereocenters. The molecule has 0 aromatic heterocycles. The molecule has 0 spiro atoms. The molecule has 1 N–H and O–H groups in total. The summed E-state index contributed by atoms with van der Waals surface area (Å²) in [6.45, 7) is 7.06. The number of hydrogen-bond donors (Lipinski definition) is 1. The minimum absolute atomic E-state index is 0.180. The molecule has 0 saturated carbocycles. The number of ether oxygens (including phenoxy) is 1. The second kappa shape index (κ2) is 4.84. The van der Waals surface area contributed by atoms with Crippen molar-refractivity contribution in [2.45, 2.75) is 45.8 Å². The first-order chi connectivity index (χ1) is 5.85. The first-order valence-corrected chi connectivity index (χ1v) is 4.19. The number of hydrogen-bond acceptors (Lipinski definition) is 3. The fourth-order valence-electron chi connectivity index (χ4n) is 0.685. The Kier molecular flexibility index (Phi) is 4.45. The minimum atomic E-state index is -0.505. The van der Waals surface area contributed by atoms with Crippen LogP contribution in [0.4, 0.5) is 4.79 Å². The Morgan fingerprint density at radius 3 is 2.46 bits per heavy atom. The van der Waals surface area contributed by atoms with Gasteiger partial charge in [-0.25, -0.2) is 4.79 Å². The zero-order valence-electron chi connectivity index (χ0n) is 8.51. The molecule has 0 heterocycles. The molecule has 0 rings (SSSR count). The van der Waals surface area contributed by atoms with Crippen molar-refractivity contribution in [3.63, 3.8) is 0 Å². The summed E-state index contributed by atoms with van der Waals surface area (Å²) >= 11 is 0. The second-order valence-corrected chi connectivity index (χ2v) is 3.90. The SMILES string of the molecule is CC(C[C]=O)NC(=O)OC(C)(C)C. The Hall–Kier alpha value is -1.06. The number of amides is 1. The zero-order chi connectivity index (χ0) is 10.5. The summed E-state index contributed by atoms with van der Waals surface area (Å²) in [5.41, 5.74) is -0.505. The van der Waals surface area contributed by atoms with Gasteiger partial charge in [0.05, 0.1) is 0 Å². The summed E-state index contributed by atoms with van der Waals surface area (Å²) in [4.78, 5) is 21.0. The van der Waals surface area contributed by atoms with Crippen molar-refractivity contribution in [1.82, 2.24) is 5.32 Å². The first-order valence-electron chi connectivity index (χ1n) is 4.19. The molecule has 0 bridgehead atoms. The summed E-state index contributed by atoms with van der Waals surface area (Å²) < 4.78 is 4.97. The van der Waals surface area contributed by atoms with E-state index in [0.717, 1.165) is 0 Å². The van der Waals surface area contributed by atoms with Crippen molar-refractivity contribution in [1.29, 1.82) is 0 Å². The number of carbonyl (C=O) groups excluding carboxylic acids is 2. The van der Waals surface area contributed by atoms with Crippen LogP contribution in [0.15, 0.2) is 0 Å². The monoisotopic (exact) mass is 186 g/mol. The summed E-state index contributed by atoms with van der Waals surface area (Å²) in [5, 5.41) is 2.51. The van der Waals surface area contributed by atoms with Gasteiger partial charge in [0.25, 0.3) is 0 Å². The quantitative estimate of drug-likeness (QED) is 0.724. The number of rotatable bonds is 3. The molecule has 4 nitrogen and oxygen atoms in total. The maximum absolute atomic E-state index is 11.1. The molecule has 0 aliphatic heterocycles. The van der Waals surface area contributed by atoms with E-state index in [0.29, 0.717) is 0 Å².